The van der Waals surface area contributed by atoms with Crippen LogP contribution in [0.5, 0.6) is 5.75 Å². The molecule has 1 heterocycles. The molecule has 0 aromatic heterocycles. The molecule has 0 saturated carbocycles. The van der Waals surface area contributed by atoms with Crippen LogP contribution in [0.25, 0.3) is 0 Å². The Kier molecular flexibility index (Phi) is 11.3. The van der Waals surface area contributed by atoms with Crippen LogP contribution in [0, 0.1) is 0 Å². The quantitative estimate of drug-likeness (QED) is 0.176. The van der Waals surface area contributed by atoms with Gasteiger partial charge in [-0.1, -0.05) is 30.3 Å². The SMILES string of the molecule is CCNC(=NCCNC(=O)c1ccc(O)cc1)NC1CCCN(Cc2ccccc2)C1.I. The maximum Gasteiger partial charge on any atom is 0.251 e. The topological polar surface area (TPSA) is 89.0 Å². The average molecular weight is 551 g/mol. The highest BCUT2D eigenvalue weighted by molar-refractivity contribution is 14.0. The molecule has 174 valence electrons. The van der Waals surface area contributed by atoms with Gasteiger partial charge in [0.1, 0.15) is 5.75 Å². The van der Waals surface area contributed by atoms with Crippen molar-refractivity contribution in [3.8, 4) is 5.75 Å². The molecular formula is C24H34IN5O2. The van der Waals surface area contributed by atoms with Crippen molar-refractivity contribution in [2.45, 2.75) is 32.4 Å². The zero-order valence-corrected chi connectivity index (χ0v) is 20.9. The van der Waals surface area contributed by atoms with Crippen molar-refractivity contribution in [2.75, 3.05) is 32.7 Å². The molecule has 1 unspecified atom stereocenters. The second kappa shape index (κ2) is 13.9. The Morgan fingerprint density at radius 3 is 2.59 bits per heavy atom. The predicted octanol–water partition coefficient (Wildman–Crippen LogP) is 2.96. The molecule has 32 heavy (non-hydrogen) atoms. The standard InChI is InChI=1S/C24H33N5O2.HI/c1-2-25-24(27-15-14-26-23(31)20-10-12-22(30)13-11-20)28-21-9-6-16-29(18-21)17-19-7-4-3-5-8-19;/h3-5,7-8,10-13,21,30H,2,6,9,14-18H2,1H3,(H,26,31)(H2,25,27,28);1H. The minimum absolute atomic E-state index is 0. The van der Waals surface area contributed by atoms with Crippen LogP contribution in [0.1, 0.15) is 35.7 Å². The summed E-state index contributed by atoms with van der Waals surface area (Å²) in [6.07, 6.45) is 2.28. The number of nitrogens with one attached hydrogen (secondary N) is 3. The van der Waals surface area contributed by atoms with Gasteiger partial charge in [-0.25, -0.2) is 0 Å². The van der Waals surface area contributed by atoms with E-state index < -0.39 is 0 Å². The summed E-state index contributed by atoms with van der Waals surface area (Å²) in [6.45, 7) is 6.83. The summed E-state index contributed by atoms with van der Waals surface area (Å²) >= 11 is 0. The molecule has 0 bridgehead atoms. The lowest BCUT2D eigenvalue weighted by Gasteiger charge is -2.34. The summed E-state index contributed by atoms with van der Waals surface area (Å²) in [5.41, 5.74) is 1.86. The van der Waals surface area contributed by atoms with E-state index in [1.165, 1.54) is 17.7 Å². The minimum Gasteiger partial charge on any atom is -0.508 e. The first-order valence-electron chi connectivity index (χ1n) is 11.0. The highest BCUT2D eigenvalue weighted by Crippen LogP contribution is 2.14. The zero-order valence-electron chi connectivity index (χ0n) is 18.6. The molecule has 3 rings (SSSR count). The largest absolute Gasteiger partial charge is 0.508 e. The second-order valence-electron chi connectivity index (χ2n) is 7.77. The Morgan fingerprint density at radius 2 is 1.88 bits per heavy atom. The number of carbonyl (C=O) groups is 1. The molecule has 2 aromatic carbocycles. The van der Waals surface area contributed by atoms with Crippen molar-refractivity contribution in [3.63, 3.8) is 0 Å². The summed E-state index contributed by atoms with van der Waals surface area (Å²) in [7, 11) is 0. The number of hydrogen-bond donors (Lipinski definition) is 4. The lowest BCUT2D eigenvalue weighted by molar-refractivity contribution is 0.0955. The van der Waals surface area contributed by atoms with E-state index in [1.807, 2.05) is 6.92 Å². The van der Waals surface area contributed by atoms with Gasteiger partial charge in [-0.3, -0.25) is 14.7 Å². The van der Waals surface area contributed by atoms with Crippen molar-refractivity contribution < 1.29 is 9.90 Å². The number of likely N-dealkylation sites (tertiary alicyclic amines) is 1. The van der Waals surface area contributed by atoms with Crippen molar-refractivity contribution in [3.05, 3.63) is 65.7 Å². The fourth-order valence-electron chi connectivity index (χ4n) is 3.72. The average Bonchev–Trinajstić information content (AvgIpc) is 2.78. The Hall–Kier alpha value is -2.33. The number of carbonyl (C=O) groups excluding carboxylic acids is 1. The third-order valence-corrected chi connectivity index (χ3v) is 5.24. The highest BCUT2D eigenvalue weighted by Gasteiger charge is 2.20. The summed E-state index contributed by atoms with van der Waals surface area (Å²) in [4.78, 5) is 19.3. The number of guanidine groups is 1. The van der Waals surface area contributed by atoms with Gasteiger partial charge >= 0.3 is 0 Å². The molecule has 0 aliphatic carbocycles. The molecule has 1 saturated heterocycles. The third kappa shape index (κ3) is 8.66. The maximum atomic E-state index is 12.2. The first-order chi connectivity index (χ1) is 15.1. The fourth-order valence-corrected chi connectivity index (χ4v) is 3.72. The number of nitrogens with zero attached hydrogens (tertiary/aromatic N) is 2. The molecular weight excluding hydrogens is 517 g/mol. The normalized spacial score (nSPS) is 16.7. The first kappa shape index (κ1) is 25.9. The van der Waals surface area contributed by atoms with Gasteiger partial charge in [0.05, 0.1) is 6.54 Å². The molecule has 1 amide bonds. The number of phenols is 1. The van der Waals surface area contributed by atoms with Gasteiger partial charge in [0.15, 0.2) is 5.96 Å². The van der Waals surface area contributed by atoms with Crippen LogP contribution in [0.15, 0.2) is 59.6 Å². The van der Waals surface area contributed by atoms with E-state index >= 15 is 0 Å². The van der Waals surface area contributed by atoms with E-state index in [1.54, 1.807) is 12.1 Å². The van der Waals surface area contributed by atoms with E-state index in [2.05, 4.69) is 56.2 Å². The fraction of sp³-hybridized carbons (Fsp3) is 0.417. The molecule has 0 spiro atoms. The Bertz CT molecular complexity index is 845. The molecule has 0 radical (unpaired) electrons. The molecule has 1 fully saturated rings. The summed E-state index contributed by atoms with van der Waals surface area (Å²) in [6, 6.07) is 17.1. The van der Waals surface area contributed by atoms with E-state index in [-0.39, 0.29) is 35.6 Å². The van der Waals surface area contributed by atoms with Crippen molar-refractivity contribution >= 4 is 35.8 Å². The number of halogens is 1. The number of phenolic OH excluding ortho intramolecular Hbond substituents is 1. The highest BCUT2D eigenvalue weighted by atomic mass is 127. The molecule has 1 aliphatic heterocycles. The van der Waals surface area contributed by atoms with Gasteiger partial charge in [-0.15, -0.1) is 24.0 Å². The number of hydrogen-bond acceptors (Lipinski definition) is 4. The minimum atomic E-state index is -0.169. The number of aliphatic imine (C=N–C) groups is 1. The summed E-state index contributed by atoms with van der Waals surface area (Å²) in [5, 5.41) is 19.0. The Labute approximate surface area is 207 Å². The molecule has 2 aromatic rings. The van der Waals surface area contributed by atoms with Crippen LogP contribution in [0.2, 0.25) is 0 Å². The summed E-state index contributed by atoms with van der Waals surface area (Å²) < 4.78 is 0. The van der Waals surface area contributed by atoms with E-state index in [9.17, 15) is 9.90 Å². The number of amides is 1. The van der Waals surface area contributed by atoms with Gasteiger partial charge in [-0.05, 0) is 56.1 Å². The lowest BCUT2D eigenvalue weighted by atomic mass is 10.0. The van der Waals surface area contributed by atoms with Gasteiger partial charge in [0.2, 0.25) is 0 Å². The molecule has 7 nitrogen and oxygen atoms in total. The van der Waals surface area contributed by atoms with E-state index in [0.717, 1.165) is 45.0 Å². The van der Waals surface area contributed by atoms with Gasteiger partial charge in [0, 0.05) is 37.8 Å². The van der Waals surface area contributed by atoms with Crippen LogP contribution in [-0.4, -0.2) is 60.6 Å². The van der Waals surface area contributed by atoms with Crippen LogP contribution in [0.4, 0.5) is 0 Å². The van der Waals surface area contributed by atoms with Crippen LogP contribution >= 0.6 is 24.0 Å². The molecule has 1 atom stereocenters. The smallest absolute Gasteiger partial charge is 0.251 e. The van der Waals surface area contributed by atoms with E-state index in [4.69, 9.17) is 0 Å². The second-order valence-corrected chi connectivity index (χ2v) is 7.77. The monoisotopic (exact) mass is 551 g/mol. The zero-order chi connectivity index (χ0) is 21.9. The predicted molar refractivity (Wildman–Crippen MR) is 140 cm³/mol. The first-order valence-corrected chi connectivity index (χ1v) is 11.0. The summed E-state index contributed by atoms with van der Waals surface area (Å²) in [5.74, 6) is 0.762. The van der Waals surface area contributed by atoms with Gasteiger partial charge in [0.25, 0.3) is 5.91 Å². The molecule has 1 aliphatic rings. The Morgan fingerprint density at radius 1 is 1.12 bits per heavy atom. The molecule has 4 N–H and O–H groups in total. The number of aromatic hydroxyl groups is 1. The van der Waals surface area contributed by atoms with Gasteiger partial charge < -0.3 is 21.1 Å². The van der Waals surface area contributed by atoms with Crippen LogP contribution in [0.3, 0.4) is 0 Å². The molecule has 8 heteroatoms. The Balaban J connectivity index is 0.00000363. The van der Waals surface area contributed by atoms with Crippen molar-refractivity contribution in [2.24, 2.45) is 4.99 Å². The number of piperidine rings is 1. The number of rotatable bonds is 8. The lowest BCUT2D eigenvalue weighted by Crippen LogP contribution is -2.51. The number of benzene rings is 2. The van der Waals surface area contributed by atoms with E-state index in [0.29, 0.717) is 24.7 Å². The maximum absolute atomic E-state index is 12.2. The van der Waals surface area contributed by atoms with Crippen molar-refractivity contribution in [1.82, 2.24) is 20.9 Å². The van der Waals surface area contributed by atoms with Gasteiger partial charge in [-0.2, -0.15) is 0 Å². The third-order valence-electron chi connectivity index (χ3n) is 5.24. The van der Waals surface area contributed by atoms with Crippen LogP contribution in [-0.2, 0) is 6.54 Å². The van der Waals surface area contributed by atoms with Crippen molar-refractivity contribution in [1.29, 1.82) is 0 Å². The van der Waals surface area contributed by atoms with Crippen LogP contribution < -0.4 is 16.0 Å².